The summed E-state index contributed by atoms with van der Waals surface area (Å²) in [6.07, 6.45) is -0.499. The van der Waals surface area contributed by atoms with Crippen molar-refractivity contribution in [2.24, 2.45) is 0 Å². The molecule has 0 radical (unpaired) electrons. The molecule has 3 rings (SSSR count). The molecule has 0 aliphatic heterocycles. The van der Waals surface area contributed by atoms with E-state index in [1.807, 2.05) is 30.3 Å². The summed E-state index contributed by atoms with van der Waals surface area (Å²) in [7, 11) is 0. The van der Waals surface area contributed by atoms with Gasteiger partial charge in [0.1, 0.15) is 11.3 Å². The lowest BCUT2D eigenvalue weighted by Crippen LogP contribution is -2.18. The Morgan fingerprint density at radius 2 is 1.73 bits per heavy atom. The van der Waals surface area contributed by atoms with E-state index in [0.29, 0.717) is 16.9 Å². The summed E-state index contributed by atoms with van der Waals surface area (Å²) >= 11 is 0. The molecule has 1 heterocycles. The molecule has 0 fully saturated rings. The summed E-state index contributed by atoms with van der Waals surface area (Å²) in [5, 5.41) is 0.736. The van der Waals surface area contributed by atoms with E-state index in [-0.39, 0.29) is 44.5 Å². The molecule has 0 unspecified atom stereocenters. The Morgan fingerprint density at radius 1 is 1.03 bits per heavy atom. The van der Waals surface area contributed by atoms with Gasteiger partial charge in [0, 0.05) is 29.9 Å². The van der Waals surface area contributed by atoms with E-state index in [1.165, 1.54) is 6.92 Å². The first-order chi connectivity index (χ1) is 15.7. The third kappa shape index (κ3) is 7.00. The molecule has 1 aromatic heterocycles. The summed E-state index contributed by atoms with van der Waals surface area (Å²) in [6, 6.07) is 16.0. The Morgan fingerprint density at radius 3 is 2.42 bits per heavy atom. The van der Waals surface area contributed by atoms with Crippen LogP contribution in [0.4, 0.5) is 8.78 Å². The van der Waals surface area contributed by atoms with E-state index in [1.54, 1.807) is 24.3 Å². The predicted molar refractivity (Wildman–Crippen MR) is 123 cm³/mol. The minimum atomic E-state index is -2.87. The van der Waals surface area contributed by atoms with Gasteiger partial charge in [-0.2, -0.15) is 0 Å². The van der Waals surface area contributed by atoms with Crippen LogP contribution in [0, 0.1) is 0 Å². The Hall–Kier alpha value is -3.48. The first kappa shape index (κ1) is 24.2. The first-order valence-corrected chi connectivity index (χ1v) is 10.7. The Kier molecular flexibility index (Phi) is 7.98. The van der Waals surface area contributed by atoms with Crippen molar-refractivity contribution in [2.75, 3.05) is 13.2 Å². The fourth-order valence-electron chi connectivity index (χ4n) is 3.26. The Labute approximate surface area is 190 Å². The standard InChI is InChI=1S/C26H26F2O5/c1-18(2)24(29)32-15-7-13-26(27,28)12-6-14-31-21-11-10-20-16-22(19-8-4-3-5-9-19)25(30)33-23(20)17-21/h3-5,8-11,16-17H,1,6-7,12-15H2,2H3. The van der Waals surface area contributed by atoms with E-state index in [9.17, 15) is 18.4 Å². The van der Waals surface area contributed by atoms with Gasteiger partial charge in [0.2, 0.25) is 5.92 Å². The second-order valence-corrected chi connectivity index (χ2v) is 7.84. The number of carbonyl (C=O) groups excluding carboxylic acids is 1. The summed E-state index contributed by atoms with van der Waals surface area (Å²) in [4.78, 5) is 23.6. The minimum absolute atomic E-state index is 0.0634. The topological polar surface area (TPSA) is 65.7 Å². The lowest BCUT2D eigenvalue weighted by molar-refractivity contribution is -0.139. The number of hydrogen-bond acceptors (Lipinski definition) is 5. The van der Waals surface area contributed by atoms with Crippen LogP contribution in [0.5, 0.6) is 5.75 Å². The smallest absolute Gasteiger partial charge is 0.344 e. The summed E-state index contributed by atoms with van der Waals surface area (Å²) in [5.41, 5.74) is 1.38. The number of halogens is 2. The third-order valence-electron chi connectivity index (χ3n) is 5.02. The lowest BCUT2D eigenvalue weighted by Gasteiger charge is -2.16. The lowest BCUT2D eigenvalue weighted by atomic mass is 10.1. The normalized spacial score (nSPS) is 11.4. The molecule has 0 amide bonds. The average Bonchev–Trinajstić information content (AvgIpc) is 2.79. The molecular formula is C26H26F2O5. The van der Waals surface area contributed by atoms with Gasteiger partial charge in [-0.25, -0.2) is 18.4 Å². The van der Waals surface area contributed by atoms with Crippen molar-refractivity contribution in [1.82, 2.24) is 0 Å². The van der Waals surface area contributed by atoms with E-state index < -0.39 is 17.5 Å². The number of benzene rings is 2. The maximum Gasteiger partial charge on any atom is 0.344 e. The van der Waals surface area contributed by atoms with Gasteiger partial charge >= 0.3 is 11.6 Å². The quantitative estimate of drug-likeness (QED) is 0.150. The zero-order chi connectivity index (χ0) is 23.8. The van der Waals surface area contributed by atoms with Crippen molar-refractivity contribution in [3.63, 3.8) is 0 Å². The fraction of sp³-hybridized carbons (Fsp3) is 0.308. The second-order valence-electron chi connectivity index (χ2n) is 7.84. The largest absolute Gasteiger partial charge is 0.493 e. The number of hydrogen-bond donors (Lipinski definition) is 0. The van der Waals surface area contributed by atoms with Gasteiger partial charge in [0.05, 0.1) is 18.8 Å². The van der Waals surface area contributed by atoms with Crippen LogP contribution in [-0.4, -0.2) is 25.1 Å². The van der Waals surface area contributed by atoms with Crippen LogP contribution in [0.1, 0.15) is 32.6 Å². The van der Waals surface area contributed by atoms with Crippen LogP contribution in [-0.2, 0) is 9.53 Å². The number of fused-ring (bicyclic) bond motifs is 1. The average molecular weight is 456 g/mol. The monoisotopic (exact) mass is 456 g/mol. The van der Waals surface area contributed by atoms with E-state index >= 15 is 0 Å². The van der Waals surface area contributed by atoms with Crippen LogP contribution in [0.15, 0.2) is 76.0 Å². The highest BCUT2D eigenvalue weighted by molar-refractivity contribution is 5.86. The van der Waals surface area contributed by atoms with Crippen molar-refractivity contribution >= 4 is 16.9 Å². The van der Waals surface area contributed by atoms with Crippen LogP contribution in [0.3, 0.4) is 0 Å². The molecule has 0 atom stereocenters. The third-order valence-corrected chi connectivity index (χ3v) is 5.02. The zero-order valence-corrected chi connectivity index (χ0v) is 18.4. The summed E-state index contributed by atoms with van der Waals surface area (Å²) < 4.78 is 43.8. The molecule has 0 spiro atoms. The Balaban J connectivity index is 1.49. The first-order valence-electron chi connectivity index (χ1n) is 10.7. The van der Waals surface area contributed by atoms with Crippen molar-refractivity contribution < 1.29 is 27.5 Å². The number of carbonyl (C=O) groups is 1. The van der Waals surface area contributed by atoms with Crippen LogP contribution < -0.4 is 10.4 Å². The molecule has 174 valence electrons. The number of alkyl halides is 2. The highest BCUT2D eigenvalue weighted by atomic mass is 19.3. The summed E-state index contributed by atoms with van der Waals surface area (Å²) in [5.74, 6) is -3.01. The van der Waals surface area contributed by atoms with Crippen molar-refractivity contribution in [2.45, 2.75) is 38.5 Å². The molecule has 7 heteroatoms. The number of rotatable bonds is 11. The molecule has 0 saturated carbocycles. The van der Waals surface area contributed by atoms with Gasteiger partial charge in [-0.3, -0.25) is 0 Å². The van der Waals surface area contributed by atoms with Crippen molar-refractivity contribution in [1.29, 1.82) is 0 Å². The molecule has 0 aliphatic rings. The van der Waals surface area contributed by atoms with Crippen LogP contribution in [0.2, 0.25) is 0 Å². The zero-order valence-electron chi connectivity index (χ0n) is 18.4. The van der Waals surface area contributed by atoms with Gasteiger partial charge in [-0.05, 0) is 43.5 Å². The molecule has 3 aromatic rings. The maximum atomic E-state index is 14.0. The molecule has 5 nitrogen and oxygen atoms in total. The maximum absolute atomic E-state index is 14.0. The molecule has 0 N–H and O–H groups in total. The van der Waals surface area contributed by atoms with Crippen molar-refractivity contribution in [3.8, 4) is 16.9 Å². The fourth-order valence-corrected chi connectivity index (χ4v) is 3.26. The van der Waals surface area contributed by atoms with Gasteiger partial charge in [-0.15, -0.1) is 0 Å². The van der Waals surface area contributed by atoms with Gasteiger partial charge in [-0.1, -0.05) is 36.9 Å². The molecule has 2 aromatic carbocycles. The van der Waals surface area contributed by atoms with Crippen LogP contribution in [0.25, 0.3) is 22.1 Å². The van der Waals surface area contributed by atoms with Crippen LogP contribution >= 0.6 is 0 Å². The summed E-state index contributed by atoms with van der Waals surface area (Å²) in [6.45, 7) is 4.97. The van der Waals surface area contributed by atoms with Crippen molar-refractivity contribution in [3.05, 3.63) is 77.2 Å². The molecule has 0 aliphatic carbocycles. The molecule has 33 heavy (non-hydrogen) atoms. The Bertz CT molecular complexity index is 1170. The number of ether oxygens (including phenoxy) is 2. The molecular weight excluding hydrogens is 430 g/mol. The molecule has 0 saturated heterocycles. The van der Waals surface area contributed by atoms with E-state index in [4.69, 9.17) is 13.9 Å². The van der Waals surface area contributed by atoms with E-state index in [0.717, 1.165) is 10.9 Å². The highest BCUT2D eigenvalue weighted by Crippen LogP contribution is 2.27. The van der Waals surface area contributed by atoms with Gasteiger partial charge in [0.15, 0.2) is 0 Å². The minimum Gasteiger partial charge on any atom is -0.493 e. The molecule has 0 bridgehead atoms. The SMILES string of the molecule is C=C(C)C(=O)OCCCC(F)(F)CCCOc1ccc2cc(-c3ccccc3)c(=O)oc2c1. The van der Waals surface area contributed by atoms with Gasteiger partial charge < -0.3 is 13.9 Å². The second kappa shape index (κ2) is 10.9. The number of esters is 1. The van der Waals surface area contributed by atoms with E-state index in [2.05, 4.69) is 6.58 Å². The highest BCUT2D eigenvalue weighted by Gasteiger charge is 2.27. The van der Waals surface area contributed by atoms with Gasteiger partial charge in [0.25, 0.3) is 0 Å². The predicted octanol–water partition coefficient (Wildman–Crippen LogP) is 6.15.